The predicted octanol–water partition coefficient (Wildman–Crippen LogP) is 4.75. The number of fused-ring (bicyclic) bond motifs is 3. The monoisotopic (exact) mass is 518 g/mol. The van der Waals surface area contributed by atoms with Gasteiger partial charge in [0, 0.05) is 17.0 Å². The maximum Gasteiger partial charge on any atom is 0.278 e. The molecule has 0 unspecified atom stereocenters. The summed E-state index contributed by atoms with van der Waals surface area (Å²) in [5.41, 5.74) is 1.57. The predicted molar refractivity (Wildman–Crippen MR) is 138 cm³/mol. The van der Waals surface area contributed by atoms with Crippen LogP contribution in [-0.2, 0) is 0 Å². The molecule has 3 aromatic rings. The summed E-state index contributed by atoms with van der Waals surface area (Å²) in [4.78, 5) is 15.4. The van der Waals surface area contributed by atoms with E-state index >= 15 is 4.39 Å². The standard InChI is InChI=1S/C28H31FN6O3/c1-27-7-8-28(2,15-27)23(29)20(12-27)35(17-4-5-17)22-14-30-24(34-33-22)18-6-3-16(11-21(18)36)19-13-31-25-26(32-19)38-10-9-37-25/h3,6,11,13-14,17,20,23,36H,4-5,7-10,12,15H2,1-2H3/t20-,23-,27-,28-/m1/s1. The van der Waals surface area contributed by atoms with Crippen molar-refractivity contribution in [2.75, 3.05) is 18.1 Å². The fraction of sp³-hybridized carbons (Fsp3) is 0.536. The van der Waals surface area contributed by atoms with Gasteiger partial charge in [0.2, 0.25) is 0 Å². The second kappa shape index (κ2) is 8.47. The van der Waals surface area contributed by atoms with E-state index in [4.69, 9.17) is 9.47 Å². The smallest absolute Gasteiger partial charge is 0.278 e. The number of hydrogen-bond donors (Lipinski definition) is 1. The molecule has 4 aliphatic rings. The topological polar surface area (TPSA) is 106 Å². The molecule has 0 radical (unpaired) electrons. The minimum absolute atomic E-state index is 0.00122. The Balaban J connectivity index is 1.15. The van der Waals surface area contributed by atoms with Crippen LogP contribution in [0.1, 0.15) is 52.4 Å². The Labute approximate surface area is 220 Å². The Kier molecular flexibility index (Phi) is 5.25. The number of rotatable bonds is 5. The van der Waals surface area contributed by atoms with E-state index < -0.39 is 6.17 Å². The maximum atomic E-state index is 15.9. The zero-order chi connectivity index (χ0) is 26.1. The van der Waals surface area contributed by atoms with Gasteiger partial charge in [0.25, 0.3) is 11.8 Å². The van der Waals surface area contributed by atoms with Gasteiger partial charge in [0.1, 0.15) is 25.1 Å². The van der Waals surface area contributed by atoms with Crippen LogP contribution in [0.5, 0.6) is 17.5 Å². The molecule has 3 fully saturated rings. The molecular weight excluding hydrogens is 487 g/mol. The molecular formula is C28H31FN6O3. The molecule has 3 saturated carbocycles. The third-order valence-electron chi connectivity index (χ3n) is 8.75. The Hall–Kier alpha value is -3.56. The Morgan fingerprint density at radius 3 is 2.58 bits per heavy atom. The van der Waals surface area contributed by atoms with Crippen molar-refractivity contribution >= 4 is 5.82 Å². The third kappa shape index (κ3) is 3.92. The van der Waals surface area contributed by atoms with Crippen molar-refractivity contribution in [1.82, 2.24) is 25.1 Å². The van der Waals surface area contributed by atoms with Crippen LogP contribution in [0, 0.1) is 10.8 Å². The molecule has 3 heterocycles. The van der Waals surface area contributed by atoms with Gasteiger partial charge in [-0.25, -0.2) is 19.3 Å². The van der Waals surface area contributed by atoms with Crippen LogP contribution in [0.2, 0.25) is 0 Å². The second-order valence-electron chi connectivity index (χ2n) is 11.9. The molecule has 1 N–H and O–H groups in total. The number of ether oxygens (including phenoxy) is 2. The number of anilines is 1. The summed E-state index contributed by atoms with van der Waals surface area (Å²) >= 11 is 0. The van der Waals surface area contributed by atoms with Crippen LogP contribution < -0.4 is 14.4 Å². The summed E-state index contributed by atoms with van der Waals surface area (Å²) in [5, 5.41) is 19.7. The number of aromatic hydroxyl groups is 1. The highest BCUT2D eigenvalue weighted by Crippen LogP contribution is 2.60. The third-order valence-corrected chi connectivity index (χ3v) is 8.75. The van der Waals surface area contributed by atoms with Crippen LogP contribution in [0.3, 0.4) is 0 Å². The van der Waals surface area contributed by atoms with E-state index in [1.807, 2.05) is 6.07 Å². The van der Waals surface area contributed by atoms with E-state index in [9.17, 15) is 5.11 Å². The number of phenolic OH excluding ortho intramolecular Hbond substituents is 1. The van der Waals surface area contributed by atoms with Crippen molar-refractivity contribution in [3.8, 4) is 40.2 Å². The number of hydrogen-bond acceptors (Lipinski definition) is 9. The van der Waals surface area contributed by atoms with Gasteiger partial charge >= 0.3 is 0 Å². The van der Waals surface area contributed by atoms with Gasteiger partial charge in [-0.1, -0.05) is 19.9 Å². The molecule has 7 rings (SSSR count). The molecule has 4 atom stereocenters. The first kappa shape index (κ1) is 23.5. The molecule has 198 valence electrons. The average molecular weight is 519 g/mol. The number of phenols is 1. The molecule has 10 heteroatoms. The van der Waals surface area contributed by atoms with E-state index in [1.54, 1.807) is 24.5 Å². The first-order chi connectivity index (χ1) is 18.3. The summed E-state index contributed by atoms with van der Waals surface area (Å²) < 4.78 is 26.9. The van der Waals surface area contributed by atoms with Gasteiger partial charge in [-0.05, 0) is 56.1 Å². The van der Waals surface area contributed by atoms with Crippen molar-refractivity contribution in [1.29, 1.82) is 0 Å². The van der Waals surface area contributed by atoms with E-state index in [0.29, 0.717) is 53.4 Å². The summed E-state index contributed by atoms with van der Waals surface area (Å²) in [7, 11) is 0. The number of nitrogens with zero attached hydrogens (tertiary/aromatic N) is 6. The zero-order valence-electron chi connectivity index (χ0n) is 21.6. The molecule has 38 heavy (non-hydrogen) atoms. The number of benzene rings is 1. The van der Waals surface area contributed by atoms with Crippen LogP contribution in [-0.4, -0.2) is 61.7 Å². The van der Waals surface area contributed by atoms with Gasteiger partial charge in [0.15, 0.2) is 11.6 Å². The highest BCUT2D eigenvalue weighted by molar-refractivity contribution is 5.71. The minimum atomic E-state index is -0.902. The molecule has 9 nitrogen and oxygen atoms in total. The van der Waals surface area contributed by atoms with Crippen molar-refractivity contribution in [3.63, 3.8) is 0 Å². The summed E-state index contributed by atoms with van der Waals surface area (Å²) in [6.07, 6.45) is 8.22. The number of halogens is 1. The largest absolute Gasteiger partial charge is 0.507 e. The van der Waals surface area contributed by atoms with Crippen LogP contribution in [0.4, 0.5) is 10.2 Å². The summed E-state index contributed by atoms with van der Waals surface area (Å²) in [5.74, 6) is 1.62. The Morgan fingerprint density at radius 2 is 1.84 bits per heavy atom. The Bertz CT molecular complexity index is 1390. The van der Waals surface area contributed by atoms with Crippen LogP contribution >= 0.6 is 0 Å². The fourth-order valence-corrected chi connectivity index (χ4v) is 6.80. The lowest BCUT2D eigenvalue weighted by Crippen LogP contribution is -2.54. The lowest BCUT2D eigenvalue weighted by atomic mass is 9.67. The molecule has 1 aromatic carbocycles. The first-order valence-corrected chi connectivity index (χ1v) is 13.4. The zero-order valence-corrected chi connectivity index (χ0v) is 21.6. The van der Waals surface area contributed by atoms with Crippen LogP contribution in [0.15, 0.2) is 30.6 Å². The van der Waals surface area contributed by atoms with Crippen molar-refractivity contribution < 1.29 is 19.0 Å². The molecule has 2 aromatic heterocycles. The molecule has 3 aliphatic carbocycles. The average Bonchev–Trinajstić information content (AvgIpc) is 3.72. The quantitative estimate of drug-likeness (QED) is 0.512. The van der Waals surface area contributed by atoms with Gasteiger partial charge in [-0.2, -0.15) is 0 Å². The van der Waals surface area contributed by atoms with Crippen LogP contribution in [0.25, 0.3) is 22.6 Å². The molecule has 0 saturated heterocycles. The molecule has 0 amide bonds. The molecule has 0 spiro atoms. The van der Waals surface area contributed by atoms with Crippen molar-refractivity contribution in [3.05, 3.63) is 30.6 Å². The van der Waals surface area contributed by atoms with E-state index in [-0.39, 0.29) is 28.7 Å². The summed E-state index contributed by atoms with van der Waals surface area (Å²) in [6, 6.07) is 5.21. The van der Waals surface area contributed by atoms with Gasteiger partial charge in [-0.3, -0.25) is 0 Å². The van der Waals surface area contributed by atoms with E-state index in [2.05, 4.69) is 43.9 Å². The fourth-order valence-electron chi connectivity index (χ4n) is 6.80. The van der Waals surface area contributed by atoms with Gasteiger partial charge < -0.3 is 19.5 Å². The lowest BCUT2D eigenvalue weighted by Gasteiger charge is -2.47. The van der Waals surface area contributed by atoms with E-state index in [0.717, 1.165) is 38.5 Å². The van der Waals surface area contributed by atoms with Crippen molar-refractivity contribution in [2.24, 2.45) is 10.8 Å². The normalized spacial score (nSPS) is 29.8. The number of alkyl halides is 1. The maximum absolute atomic E-state index is 15.9. The van der Waals surface area contributed by atoms with Crippen molar-refractivity contribution in [2.45, 2.75) is 70.6 Å². The second-order valence-corrected chi connectivity index (χ2v) is 11.9. The molecule has 2 bridgehead atoms. The van der Waals surface area contributed by atoms with E-state index in [1.165, 1.54) is 0 Å². The SMILES string of the molecule is C[C@]12CC[C@](C)(C1)[C@H](F)[C@H](N(c1cnc(-c3ccc(-c4cnc5c(n4)OCCO5)cc3O)nn1)C1CC1)C2. The number of aromatic nitrogens is 5. The van der Waals surface area contributed by atoms with Gasteiger partial charge in [-0.15, -0.1) is 10.2 Å². The highest BCUT2D eigenvalue weighted by Gasteiger charge is 2.58. The minimum Gasteiger partial charge on any atom is -0.507 e. The summed E-state index contributed by atoms with van der Waals surface area (Å²) in [6.45, 7) is 5.27. The highest BCUT2D eigenvalue weighted by atomic mass is 19.1. The Morgan fingerprint density at radius 1 is 1.03 bits per heavy atom. The lowest BCUT2D eigenvalue weighted by molar-refractivity contribution is 0.0357. The molecule has 1 aliphatic heterocycles. The first-order valence-electron chi connectivity index (χ1n) is 13.4. The van der Waals surface area contributed by atoms with Gasteiger partial charge in [0.05, 0.1) is 29.7 Å².